The lowest BCUT2D eigenvalue weighted by atomic mass is 10.0. The van der Waals surface area contributed by atoms with Crippen molar-refractivity contribution in [3.05, 3.63) is 0 Å². The van der Waals surface area contributed by atoms with Crippen LogP contribution in [0.5, 0.6) is 0 Å². The summed E-state index contributed by atoms with van der Waals surface area (Å²) >= 11 is 0. The maximum atomic E-state index is 9.41. The van der Waals surface area contributed by atoms with Crippen molar-refractivity contribution in [3.8, 4) is 0 Å². The maximum Gasteiger partial charge on any atom is 0.0809 e. The number of hydrogen-bond donors (Lipinski definition) is 1. The highest BCUT2D eigenvalue weighted by atomic mass is 16.3. The first kappa shape index (κ1) is 11.0. The molecule has 2 nitrogen and oxygen atoms in total. The molecular formula is C11H24NO+. The zero-order valence-corrected chi connectivity index (χ0v) is 9.29. The highest BCUT2D eigenvalue weighted by Gasteiger charge is 2.28. The lowest BCUT2D eigenvalue weighted by Gasteiger charge is -2.39. The lowest BCUT2D eigenvalue weighted by molar-refractivity contribution is -0.915. The number of quaternary nitrogens is 1. The molecule has 0 aromatic carbocycles. The fourth-order valence-electron chi connectivity index (χ4n) is 1.97. The summed E-state index contributed by atoms with van der Waals surface area (Å²) in [6.07, 6.45) is 3.28. The molecule has 0 unspecified atom stereocenters. The number of likely N-dealkylation sites (tertiary alicyclic amines) is 1. The first-order valence-electron chi connectivity index (χ1n) is 5.53. The zero-order valence-electron chi connectivity index (χ0n) is 9.29. The normalized spacial score (nSPS) is 35.3. The Bertz CT molecular complexity index is 148. The van der Waals surface area contributed by atoms with E-state index in [9.17, 15) is 5.11 Å². The summed E-state index contributed by atoms with van der Waals surface area (Å²) in [7, 11) is 2.33. The van der Waals surface area contributed by atoms with Gasteiger partial charge in [0.25, 0.3) is 0 Å². The molecular weight excluding hydrogens is 162 g/mol. The highest BCUT2D eigenvalue weighted by molar-refractivity contribution is 4.61. The van der Waals surface area contributed by atoms with E-state index in [4.69, 9.17) is 0 Å². The molecule has 0 aliphatic carbocycles. The minimum atomic E-state index is -0.0229. The van der Waals surface area contributed by atoms with Crippen molar-refractivity contribution in [1.82, 2.24) is 0 Å². The van der Waals surface area contributed by atoms with Gasteiger partial charge in [-0.15, -0.1) is 0 Å². The Labute approximate surface area is 82.1 Å². The van der Waals surface area contributed by atoms with E-state index in [2.05, 4.69) is 20.9 Å². The topological polar surface area (TPSA) is 20.2 Å². The van der Waals surface area contributed by atoms with Crippen LogP contribution in [0.2, 0.25) is 0 Å². The van der Waals surface area contributed by atoms with Crippen LogP contribution in [-0.4, -0.2) is 42.4 Å². The van der Waals surface area contributed by atoms with Crippen molar-refractivity contribution < 1.29 is 9.59 Å². The molecule has 2 heteroatoms. The van der Waals surface area contributed by atoms with Crippen LogP contribution in [0.4, 0.5) is 0 Å². The van der Waals surface area contributed by atoms with Gasteiger partial charge in [0.2, 0.25) is 0 Å². The second kappa shape index (κ2) is 4.43. The van der Waals surface area contributed by atoms with E-state index in [0.29, 0.717) is 0 Å². The molecule has 0 spiro atoms. The summed E-state index contributed by atoms with van der Waals surface area (Å²) in [5.41, 5.74) is 0. The van der Waals surface area contributed by atoms with Crippen LogP contribution in [-0.2, 0) is 0 Å². The number of rotatable bonds is 3. The second-order valence-electron chi connectivity index (χ2n) is 5.20. The van der Waals surface area contributed by atoms with Gasteiger partial charge in [0.1, 0.15) is 0 Å². The van der Waals surface area contributed by atoms with Crippen LogP contribution in [0.3, 0.4) is 0 Å². The number of nitrogens with zero attached hydrogens (tertiary/aromatic N) is 1. The number of hydrogen-bond acceptors (Lipinski definition) is 1. The zero-order chi connectivity index (χ0) is 9.90. The Hall–Kier alpha value is -0.0800. The second-order valence-corrected chi connectivity index (χ2v) is 5.20. The minimum Gasteiger partial charge on any atom is -0.393 e. The Kier molecular flexibility index (Phi) is 3.74. The van der Waals surface area contributed by atoms with Gasteiger partial charge in [-0.1, -0.05) is 13.8 Å². The molecule has 1 rings (SSSR count). The van der Waals surface area contributed by atoms with Gasteiger partial charge in [0.15, 0.2) is 0 Å². The summed E-state index contributed by atoms with van der Waals surface area (Å²) < 4.78 is 1.18. The van der Waals surface area contributed by atoms with Crippen molar-refractivity contribution in [1.29, 1.82) is 0 Å². The number of aliphatic hydroxyl groups excluding tert-OH is 1. The van der Waals surface area contributed by atoms with Crippen molar-refractivity contribution >= 4 is 0 Å². The van der Waals surface area contributed by atoms with E-state index >= 15 is 0 Å². The van der Waals surface area contributed by atoms with Crippen LogP contribution < -0.4 is 0 Å². The largest absolute Gasteiger partial charge is 0.393 e. The Morgan fingerprint density at radius 2 is 1.85 bits per heavy atom. The van der Waals surface area contributed by atoms with Crippen molar-refractivity contribution in [2.24, 2.45) is 5.92 Å². The molecule has 1 aliphatic heterocycles. The summed E-state index contributed by atoms with van der Waals surface area (Å²) in [6, 6.07) is 0. The molecule has 0 aromatic rings. The third-order valence-corrected chi connectivity index (χ3v) is 3.25. The molecule has 78 valence electrons. The van der Waals surface area contributed by atoms with Crippen molar-refractivity contribution in [2.75, 3.05) is 26.7 Å². The third-order valence-electron chi connectivity index (χ3n) is 3.25. The summed E-state index contributed by atoms with van der Waals surface area (Å²) in [5.74, 6) is 0.807. The predicted octanol–water partition coefficient (Wildman–Crippen LogP) is 1.63. The van der Waals surface area contributed by atoms with Gasteiger partial charge in [-0.25, -0.2) is 0 Å². The Balaban J connectivity index is 2.30. The van der Waals surface area contributed by atoms with Gasteiger partial charge in [0, 0.05) is 12.8 Å². The molecule has 1 fully saturated rings. The maximum absolute atomic E-state index is 9.41. The third kappa shape index (κ3) is 3.65. The number of aliphatic hydroxyl groups is 1. The highest BCUT2D eigenvalue weighted by Crippen LogP contribution is 2.18. The standard InChI is InChI=1S/C11H24NO/c1-10(2)4-7-12(3)8-5-11(13)6-9-12/h10-11,13H,4-9H2,1-3H3/q+1. The molecule has 0 atom stereocenters. The van der Waals surface area contributed by atoms with E-state index in [1.807, 2.05) is 0 Å². The van der Waals surface area contributed by atoms with Crippen LogP contribution in [0.15, 0.2) is 0 Å². The molecule has 0 saturated carbocycles. The van der Waals surface area contributed by atoms with Gasteiger partial charge < -0.3 is 9.59 Å². The quantitative estimate of drug-likeness (QED) is 0.664. The fourth-order valence-corrected chi connectivity index (χ4v) is 1.97. The molecule has 1 N–H and O–H groups in total. The number of piperidine rings is 1. The molecule has 0 bridgehead atoms. The predicted molar refractivity (Wildman–Crippen MR) is 55.5 cm³/mol. The molecule has 13 heavy (non-hydrogen) atoms. The average Bonchev–Trinajstić information content (AvgIpc) is 2.08. The Morgan fingerprint density at radius 1 is 1.31 bits per heavy atom. The van der Waals surface area contributed by atoms with Crippen LogP contribution in [0.25, 0.3) is 0 Å². The minimum absolute atomic E-state index is 0.0229. The molecule has 0 aromatic heterocycles. The summed E-state index contributed by atoms with van der Waals surface area (Å²) in [5, 5.41) is 9.41. The van der Waals surface area contributed by atoms with E-state index in [1.54, 1.807) is 0 Å². The van der Waals surface area contributed by atoms with E-state index in [-0.39, 0.29) is 6.10 Å². The Morgan fingerprint density at radius 3 is 2.31 bits per heavy atom. The lowest BCUT2D eigenvalue weighted by Crippen LogP contribution is -2.51. The first-order chi connectivity index (χ1) is 6.02. The molecule has 1 aliphatic rings. The fraction of sp³-hybridized carbons (Fsp3) is 1.00. The van der Waals surface area contributed by atoms with Gasteiger partial charge in [0.05, 0.1) is 32.8 Å². The molecule has 0 radical (unpaired) electrons. The van der Waals surface area contributed by atoms with Gasteiger partial charge in [-0.05, 0) is 12.3 Å². The van der Waals surface area contributed by atoms with Crippen molar-refractivity contribution in [3.63, 3.8) is 0 Å². The average molecular weight is 186 g/mol. The molecule has 0 amide bonds. The van der Waals surface area contributed by atoms with E-state index < -0.39 is 0 Å². The van der Waals surface area contributed by atoms with Gasteiger partial charge in [-0.3, -0.25) is 0 Å². The van der Waals surface area contributed by atoms with E-state index in [1.165, 1.54) is 17.4 Å². The molecule has 1 saturated heterocycles. The van der Waals surface area contributed by atoms with E-state index in [0.717, 1.165) is 31.8 Å². The van der Waals surface area contributed by atoms with Crippen LogP contribution in [0, 0.1) is 5.92 Å². The van der Waals surface area contributed by atoms with Gasteiger partial charge in [-0.2, -0.15) is 0 Å². The first-order valence-corrected chi connectivity index (χ1v) is 5.53. The van der Waals surface area contributed by atoms with Crippen LogP contribution >= 0.6 is 0 Å². The summed E-state index contributed by atoms with van der Waals surface area (Å²) in [6.45, 7) is 8.17. The van der Waals surface area contributed by atoms with Crippen LogP contribution in [0.1, 0.15) is 33.1 Å². The monoisotopic (exact) mass is 186 g/mol. The van der Waals surface area contributed by atoms with Crippen molar-refractivity contribution in [2.45, 2.75) is 39.2 Å². The van der Waals surface area contributed by atoms with Gasteiger partial charge >= 0.3 is 0 Å². The molecule has 1 heterocycles. The summed E-state index contributed by atoms with van der Waals surface area (Å²) in [4.78, 5) is 0. The smallest absolute Gasteiger partial charge is 0.0809 e. The SMILES string of the molecule is CC(C)CC[N+]1(C)CCC(O)CC1.